The molecular weight excluding hydrogens is 354 g/mol. The van der Waals surface area contributed by atoms with Crippen molar-refractivity contribution in [2.45, 2.75) is 6.04 Å². The Hall–Kier alpha value is -3.45. The highest BCUT2D eigenvalue weighted by molar-refractivity contribution is 6.13. The number of ether oxygens (including phenoxy) is 1. The number of amides is 1. The Balaban J connectivity index is 1.61. The molecule has 1 aliphatic heterocycles. The first kappa shape index (κ1) is 17.9. The average molecular weight is 375 g/mol. The van der Waals surface area contributed by atoms with E-state index in [0.29, 0.717) is 18.3 Å². The van der Waals surface area contributed by atoms with E-state index in [9.17, 15) is 4.79 Å². The first-order valence-electron chi connectivity index (χ1n) is 8.97. The zero-order valence-electron chi connectivity index (χ0n) is 15.7. The van der Waals surface area contributed by atoms with E-state index in [1.54, 1.807) is 26.4 Å². The monoisotopic (exact) mass is 375 g/mol. The molecule has 0 aliphatic carbocycles. The largest absolute Gasteiger partial charge is 0.382 e. The summed E-state index contributed by atoms with van der Waals surface area (Å²) in [5.74, 6) is 0.352. The maximum absolute atomic E-state index is 12.7. The summed E-state index contributed by atoms with van der Waals surface area (Å²) in [5, 5.41) is 11.3. The molecule has 7 nitrogen and oxygen atoms in total. The molecule has 1 aliphatic rings. The van der Waals surface area contributed by atoms with E-state index in [1.165, 1.54) is 4.90 Å². The molecule has 3 aromatic rings. The Morgan fingerprint density at radius 3 is 2.86 bits per heavy atom. The van der Waals surface area contributed by atoms with Crippen LogP contribution in [0.15, 0.2) is 65.4 Å². The number of rotatable bonds is 5. The van der Waals surface area contributed by atoms with E-state index in [2.05, 4.69) is 20.5 Å². The highest BCUT2D eigenvalue weighted by atomic mass is 16.5. The fraction of sp³-hybridized carbons (Fsp3) is 0.190. The zero-order chi connectivity index (χ0) is 19.5. The lowest BCUT2D eigenvalue weighted by Crippen LogP contribution is -2.41. The number of methoxy groups -OCH3 is 1. The van der Waals surface area contributed by atoms with Gasteiger partial charge in [0.2, 0.25) is 5.96 Å². The van der Waals surface area contributed by atoms with E-state index in [0.717, 1.165) is 22.0 Å². The molecule has 0 spiro atoms. The Bertz CT molecular complexity index is 1050. The molecule has 4 rings (SSSR count). The van der Waals surface area contributed by atoms with Crippen molar-refractivity contribution in [3.63, 3.8) is 0 Å². The van der Waals surface area contributed by atoms with Crippen molar-refractivity contribution in [1.29, 1.82) is 0 Å². The number of carbonyl (C=O) groups is 1. The molecule has 0 bridgehead atoms. The number of hydrogen-bond acceptors (Lipinski definition) is 5. The van der Waals surface area contributed by atoms with Crippen LogP contribution in [0.2, 0.25) is 0 Å². The number of hydrogen-bond donors (Lipinski definition) is 2. The molecule has 0 saturated heterocycles. The summed E-state index contributed by atoms with van der Waals surface area (Å²) in [6, 6.07) is 15.7. The quantitative estimate of drug-likeness (QED) is 0.672. The van der Waals surface area contributed by atoms with Gasteiger partial charge in [-0.2, -0.15) is 5.10 Å². The van der Waals surface area contributed by atoms with Gasteiger partial charge in [-0.3, -0.25) is 14.8 Å². The number of likely N-dealkylation sites (N-methyl/N-ethyl adjacent to an activating group) is 1. The number of nitrogens with one attached hydrogen (secondary N) is 2. The standard InChI is InChI=1S/C21H21N5O2/c1-26-20(27)18(11-14-8-9-17-16(10-14)12-22-25-17)23-21(26)24-19(13-28-2)15-6-4-3-5-7-15/h3-12,19H,13H2,1-2H3,(H,22,25)(H,23,24)/b18-11-/t19-/m0/s1. The number of H-pyrrole nitrogens is 1. The number of aromatic nitrogens is 2. The number of aromatic amines is 1. The summed E-state index contributed by atoms with van der Waals surface area (Å²) in [4.78, 5) is 18.7. The molecule has 28 heavy (non-hydrogen) atoms. The van der Waals surface area contributed by atoms with Crippen molar-refractivity contribution in [3.8, 4) is 0 Å². The zero-order valence-corrected chi connectivity index (χ0v) is 15.7. The average Bonchev–Trinajstić information content (AvgIpc) is 3.28. The van der Waals surface area contributed by atoms with E-state index in [4.69, 9.17) is 4.74 Å². The fourth-order valence-corrected chi connectivity index (χ4v) is 3.17. The minimum absolute atomic E-state index is 0.109. The van der Waals surface area contributed by atoms with Gasteiger partial charge < -0.3 is 10.1 Å². The molecule has 2 N–H and O–H groups in total. The van der Waals surface area contributed by atoms with Crippen molar-refractivity contribution in [2.24, 2.45) is 4.99 Å². The number of guanidine groups is 1. The molecule has 1 atom stereocenters. The summed E-state index contributed by atoms with van der Waals surface area (Å²) < 4.78 is 5.34. The normalized spacial score (nSPS) is 16.6. The number of carbonyl (C=O) groups excluding carboxylic acids is 1. The van der Waals surface area contributed by atoms with Gasteiger partial charge in [-0.15, -0.1) is 0 Å². The lowest BCUT2D eigenvalue weighted by atomic mass is 10.1. The maximum Gasteiger partial charge on any atom is 0.279 e. The topological polar surface area (TPSA) is 82.6 Å². The molecular formula is C21H21N5O2. The predicted octanol–water partition coefficient (Wildman–Crippen LogP) is 2.71. The molecule has 2 aromatic carbocycles. The van der Waals surface area contributed by atoms with Crippen molar-refractivity contribution in [3.05, 3.63) is 71.6 Å². The minimum atomic E-state index is -0.154. The smallest absolute Gasteiger partial charge is 0.279 e. The minimum Gasteiger partial charge on any atom is -0.382 e. The number of benzene rings is 2. The van der Waals surface area contributed by atoms with Crippen molar-refractivity contribution >= 4 is 28.8 Å². The third kappa shape index (κ3) is 3.52. The van der Waals surface area contributed by atoms with Gasteiger partial charge >= 0.3 is 0 Å². The van der Waals surface area contributed by atoms with Crippen molar-refractivity contribution in [1.82, 2.24) is 20.4 Å². The first-order valence-corrected chi connectivity index (χ1v) is 8.97. The Labute approximate surface area is 162 Å². The van der Waals surface area contributed by atoms with Gasteiger partial charge in [0.05, 0.1) is 24.4 Å². The van der Waals surface area contributed by atoms with E-state index in [-0.39, 0.29) is 11.9 Å². The summed E-state index contributed by atoms with van der Waals surface area (Å²) in [6.45, 7) is 0.460. The predicted molar refractivity (Wildman–Crippen MR) is 108 cm³/mol. The summed E-state index contributed by atoms with van der Waals surface area (Å²) in [6.07, 6.45) is 3.54. The van der Waals surface area contributed by atoms with Gasteiger partial charge in [-0.05, 0) is 29.3 Å². The van der Waals surface area contributed by atoms with E-state index >= 15 is 0 Å². The second-order valence-corrected chi connectivity index (χ2v) is 6.61. The highest BCUT2D eigenvalue weighted by Gasteiger charge is 2.28. The number of nitrogens with zero attached hydrogens (tertiary/aromatic N) is 3. The first-order chi connectivity index (χ1) is 13.7. The van der Waals surface area contributed by atoms with Crippen LogP contribution in [0, 0.1) is 0 Å². The molecule has 2 heterocycles. The van der Waals surface area contributed by atoms with Crippen LogP contribution in [-0.2, 0) is 9.53 Å². The van der Waals surface area contributed by atoms with Gasteiger partial charge in [-0.1, -0.05) is 36.4 Å². The molecule has 0 saturated carbocycles. The van der Waals surface area contributed by atoms with Gasteiger partial charge in [0.1, 0.15) is 5.70 Å². The van der Waals surface area contributed by atoms with Gasteiger partial charge in [0.15, 0.2) is 0 Å². The van der Waals surface area contributed by atoms with Gasteiger partial charge in [0.25, 0.3) is 5.91 Å². The Morgan fingerprint density at radius 2 is 2.07 bits per heavy atom. The van der Waals surface area contributed by atoms with Crippen LogP contribution >= 0.6 is 0 Å². The Kier molecular flexibility index (Phi) is 4.90. The molecule has 0 fully saturated rings. The fourth-order valence-electron chi connectivity index (χ4n) is 3.17. The SMILES string of the molecule is COC[C@H](NC1=N/C(=C\c2ccc3[nH]ncc3c2)C(=O)N1C)c1ccccc1. The highest BCUT2D eigenvalue weighted by Crippen LogP contribution is 2.21. The van der Waals surface area contributed by atoms with E-state index in [1.807, 2.05) is 48.5 Å². The summed E-state index contributed by atoms with van der Waals surface area (Å²) >= 11 is 0. The van der Waals surface area contributed by atoms with Crippen LogP contribution < -0.4 is 5.32 Å². The third-order valence-electron chi connectivity index (χ3n) is 4.67. The third-order valence-corrected chi connectivity index (χ3v) is 4.67. The van der Waals surface area contributed by atoms with Crippen LogP contribution in [0.4, 0.5) is 0 Å². The van der Waals surface area contributed by atoms with E-state index < -0.39 is 0 Å². The second kappa shape index (κ2) is 7.66. The van der Waals surface area contributed by atoms with Gasteiger partial charge in [-0.25, -0.2) is 4.99 Å². The lowest BCUT2D eigenvalue weighted by Gasteiger charge is -2.22. The summed E-state index contributed by atoms with van der Waals surface area (Å²) in [7, 11) is 3.36. The molecule has 142 valence electrons. The number of aliphatic imine (C=N–C) groups is 1. The molecule has 1 aromatic heterocycles. The van der Waals surface area contributed by atoms with Gasteiger partial charge in [0, 0.05) is 19.5 Å². The van der Waals surface area contributed by atoms with Crippen molar-refractivity contribution in [2.75, 3.05) is 20.8 Å². The maximum atomic E-state index is 12.7. The molecule has 0 radical (unpaired) electrons. The lowest BCUT2D eigenvalue weighted by molar-refractivity contribution is -0.121. The van der Waals surface area contributed by atoms with Crippen LogP contribution in [0.5, 0.6) is 0 Å². The van der Waals surface area contributed by atoms with Crippen LogP contribution in [0.1, 0.15) is 17.2 Å². The molecule has 1 amide bonds. The number of fused-ring (bicyclic) bond motifs is 1. The van der Waals surface area contributed by atoms with Crippen molar-refractivity contribution < 1.29 is 9.53 Å². The van der Waals surface area contributed by atoms with Crippen LogP contribution in [-0.4, -0.2) is 47.7 Å². The Morgan fingerprint density at radius 1 is 1.25 bits per heavy atom. The van der Waals surface area contributed by atoms with Crippen LogP contribution in [0.25, 0.3) is 17.0 Å². The van der Waals surface area contributed by atoms with Crippen LogP contribution in [0.3, 0.4) is 0 Å². The summed E-state index contributed by atoms with van der Waals surface area (Å²) in [5.41, 5.74) is 3.30. The molecule has 0 unspecified atom stereocenters. The second-order valence-electron chi connectivity index (χ2n) is 6.61. The molecule has 7 heteroatoms.